The molecular formula is C14H14O7. The van der Waals surface area contributed by atoms with E-state index in [1.807, 2.05) is 0 Å². The molecule has 0 amide bonds. The lowest BCUT2D eigenvalue weighted by Gasteiger charge is -2.56. The number of rotatable bonds is 2. The fraction of sp³-hybridized carbons (Fsp3) is 0.500. The van der Waals surface area contributed by atoms with Crippen LogP contribution < -0.4 is 0 Å². The molecule has 4 fully saturated rings. The number of hydrogen-bond donors (Lipinski definition) is 2. The van der Waals surface area contributed by atoms with Crippen LogP contribution in [0.5, 0.6) is 0 Å². The molecule has 0 spiro atoms. The maximum Gasteiger partial charge on any atom is 0.338 e. The molecule has 1 saturated carbocycles. The third-order valence-corrected chi connectivity index (χ3v) is 4.05. The number of benzene rings is 1. The van der Waals surface area contributed by atoms with E-state index in [4.69, 9.17) is 18.9 Å². The molecule has 0 radical (unpaired) electrons. The molecule has 2 N–H and O–H groups in total. The van der Waals surface area contributed by atoms with E-state index < -0.39 is 49.1 Å². The Morgan fingerprint density at radius 3 is 2.14 bits per heavy atom. The van der Waals surface area contributed by atoms with Gasteiger partial charge in [0.2, 0.25) is 0 Å². The second kappa shape index (κ2) is 4.75. The highest BCUT2D eigenvalue weighted by Crippen LogP contribution is 2.41. The van der Waals surface area contributed by atoms with Crippen molar-refractivity contribution < 1.29 is 34.0 Å². The van der Waals surface area contributed by atoms with Crippen molar-refractivity contribution in [2.24, 2.45) is 0 Å². The Bertz CT molecular complexity index is 528. The first-order valence-corrected chi connectivity index (χ1v) is 6.74. The minimum absolute atomic E-state index is 0.381. The molecule has 4 bridgehead atoms. The van der Waals surface area contributed by atoms with Crippen LogP contribution in [0.1, 0.15) is 10.4 Å². The SMILES string of the molecule is O=C(OC1[C@H]2OC3OC([C@H]2O)[C@H](O)[C@H]1O3)c1ccccc1. The first-order valence-electron chi connectivity index (χ1n) is 6.74. The van der Waals surface area contributed by atoms with Crippen LogP contribution in [-0.2, 0) is 18.9 Å². The van der Waals surface area contributed by atoms with Gasteiger partial charge in [-0.15, -0.1) is 0 Å². The van der Waals surface area contributed by atoms with Gasteiger partial charge in [-0.25, -0.2) is 4.79 Å². The predicted octanol–water partition coefficient (Wildman–Crippen LogP) is -0.586. The van der Waals surface area contributed by atoms with Crippen molar-refractivity contribution >= 4 is 5.97 Å². The van der Waals surface area contributed by atoms with E-state index in [1.54, 1.807) is 30.3 Å². The smallest absolute Gasteiger partial charge is 0.338 e. The Morgan fingerprint density at radius 1 is 0.952 bits per heavy atom. The summed E-state index contributed by atoms with van der Waals surface area (Å²) in [5, 5.41) is 20.2. The van der Waals surface area contributed by atoms with Crippen molar-refractivity contribution in [2.45, 2.75) is 43.1 Å². The van der Waals surface area contributed by atoms with Crippen molar-refractivity contribution in [1.82, 2.24) is 0 Å². The van der Waals surface area contributed by atoms with E-state index in [0.717, 1.165) is 0 Å². The molecule has 3 saturated heterocycles. The molecule has 7 heteroatoms. The van der Waals surface area contributed by atoms with Crippen LogP contribution in [-0.4, -0.2) is 59.3 Å². The van der Waals surface area contributed by atoms with Crippen molar-refractivity contribution in [3.8, 4) is 0 Å². The fourth-order valence-electron chi connectivity index (χ4n) is 3.01. The summed E-state index contributed by atoms with van der Waals surface area (Å²) in [7, 11) is 0. The molecule has 1 aliphatic carbocycles. The zero-order chi connectivity index (χ0) is 14.6. The van der Waals surface area contributed by atoms with Gasteiger partial charge in [0.05, 0.1) is 5.56 Å². The van der Waals surface area contributed by atoms with Crippen LogP contribution >= 0.6 is 0 Å². The van der Waals surface area contributed by atoms with Gasteiger partial charge < -0.3 is 29.2 Å². The third-order valence-electron chi connectivity index (χ3n) is 4.05. The molecule has 7 atom stereocenters. The molecule has 5 rings (SSSR count). The number of esters is 1. The topological polar surface area (TPSA) is 94.5 Å². The van der Waals surface area contributed by atoms with E-state index in [2.05, 4.69) is 0 Å². The molecule has 112 valence electrons. The first kappa shape index (κ1) is 13.2. The Hall–Kier alpha value is -1.51. The van der Waals surface area contributed by atoms with Crippen LogP contribution in [0.2, 0.25) is 0 Å². The lowest BCUT2D eigenvalue weighted by Crippen LogP contribution is -2.75. The summed E-state index contributed by atoms with van der Waals surface area (Å²) >= 11 is 0. The second-order valence-corrected chi connectivity index (χ2v) is 5.31. The Labute approximate surface area is 120 Å². The highest BCUT2D eigenvalue weighted by molar-refractivity contribution is 5.89. The van der Waals surface area contributed by atoms with Gasteiger partial charge in [-0.1, -0.05) is 18.2 Å². The Morgan fingerprint density at radius 2 is 1.52 bits per heavy atom. The molecule has 3 aliphatic heterocycles. The Balaban J connectivity index is 1.56. The molecule has 3 unspecified atom stereocenters. The molecular weight excluding hydrogens is 280 g/mol. The van der Waals surface area contributed by atoms with Crippen molar-refractivity contribution in [3.63, 3.8) is 0 Å². The van der Waals surface area contributed by atoms with E-state index in [1.165, 1.54) is 0 Å². The van der Waals surface area contributed by atoms with Crippen LogP contribution in [0, 0.1) is 0 Å². The maximum atomic E-state index is 12.1. The summed E-state index contributed by atoms with van der Waals surface area (Å²) in [5.74, 6) is -0.555. The third kappa shape index (κ3) is 1.97. The van der Waals surface area contributed by atoms with Crippen LogP contribution in [0.4, 0.5) is 0 Å². The number of aliphatic hydroxyl groups excluding tert-OH is 2. The average Bonchev–Trinajstić information content (AvgIpc) is 2.51. The van der Waals surface area contributed by atoms with Gasteiger partial charge in [-0.3, -0.25) is 0 Å². The molecule has 7 nitrogen and oxygen atoms in total. The highest BCUT2D eigenvalue weighted by Gasteiger charge is 2.62. The summed E-state index contributed by atoms with van der Waals surface area (Å²) in [6.45, 7) is -0.927. The zero-order valence-corrected chi connectivity index (χ0v) is 10.9. The van der Waals surface area contributed by atoms with Gasteiger partial charge in [0.1, 0.15) is 30.5 Å². The van der Waals surface area contributed by atoms with Crippen LogP contribution in [0.25, 0.3) is 0 Å². The number of carbonyl (C=O) groups excluding carboxylic acids is 1. The van der Waals surface area contributed by atoms with Gasteiger partial charge in [0.25, 0.3) is 6.48 Å². The van der Waals surface area contributed by atoms with E-state index >= 15 is 0 Å². The maximum absolute atomic E-state index is 12.1. The van der Waals surface area contributed by atoms with Gasteiger partial charge in [-0.05, 0) is 12.1 Å². The molecule has 1 aromatic carbocycles. The largest absolute Gasteiger partial charge is 0.453 e. The van der Waals surface area contributed by atoms with Gasteiger partial charge >= 0.3 is 5.97 Å². The lowest BCUT2D eigenvalue weighted by molar-refractivity contribution is -0.480. The van der Waals surface area contributed by atoms with Gasteiger partial charge in [-0.2, -0.15) is 0 Å². The Kier molecular flexibility index (Phi) is 2.98. The summed E-state index contributed by atoms with van der Waals surface area (Å²) in [5.41, 5.74) is 0.381. The van der Waals surface area contributed by atoms with Gasteiger partial charge in [0.15, 0.2) is 6.10 Å². The fourth-order valence-corrected chi connectivity index (χ4v) is 3.01. The van der Waals surface area contributed by atoms with Crippen LogP contribution in [0.15, 0.2) is 30.3 Å². The van der Waals surface area contributed by atoms with Crippen LogP contribution in [0.3, 0.4) is 0 Å². The molecule has 4 aliphatic rings. The summed E-state index contributed by atoms with van der Waals surface area (Å²) in [6, 6.07) is 8.47. The summed E-state index contributed by atoms with van der Waals surface area (Å²) in [6.07, 6.45) is -5.31. The predicted molar refractivity (Wildman–Crippen MR) is 66.1 cm³/mol. The normalized spacial score (nSPS) is 43.8. The number of ether oxygens (including phenoxy) is 4. The summed E-state index contributed by atoms with van der Waals surface area (Å²) < 4.78 is 21.3. The van der Waals surface area contributed by atoms with E-state index in [-0.39, 0.29) is 0 Å². The monoisotopic (exact) mass is 294 g/mol. The standard InChI is InChI=1S/C14H14O7/c15-7-9-8(16)11-12(10(7)20-14(19-9)21-11)18-13(17)6-4-2-1-3-5-6/h1-5,7-12,14-16H/t7-,8+,9?,10+,11-,12?,14?. The van der Waals surface area contributed by atoms with Crippen molar-refractivity contribution in [2.75, 3.05) is 0 Å². The zero-order valence-electron chi connectivity index (χ0n) is 10.9. The number of hydrogen-bond acceptors (Lipinski definition) is 7. The molecule has 3 heterocycles. The number of carbonyl (C=O) groups is 1. The minimum atomic E-state index is -1.06. The van der Waals surface area contributed by atoms with E-state index in [9.17, 15) is 15.0 Å². The van der Waals surface area contributed by atoms with Crippen molar-refractivity contribution in [1.29, 1.82) is 0 Å². The molecule has 1 aromatic rings. The molecule has 21 heavy (non-hydrogen) atoms. The first-order chi connectivity index (χ1) is 10.1. The van der Waals surface area contributed by atoms with Crippen molar-refractivity contribution in [3.05, 3.63) is 35.9 Å². The average molecular weight is 294 g/mol. The number of aliphatic hydroxyl groups is 2. The van der Waals surface area contributed by atoms with Gasteiger partial charge in [0, 0.05) is 0 Å². The van der Waals surface area contributed by atoms with E-state index in [0.29, 0.717) is 5.56 Å². The molecule has 0 aromatic heterocycles. The lowest BCUT2D eigenvalue weighted by atomic mass is 9.82. The second-order valence-electron chi connectivity index (χ2n) is 5.31. The highest BCUT2D eigenvalue weighted by atomic mass is 16.9. The summed E-state index contributed by atoms with van der Waals surface area (Å²) in [4.78, 5) is 12.1. The quantitative estimate of drug-likeness (QED) is 0.704. The minimum Gasteiger partial charge on any atom is -0.453 e.